The van der Waals surface area contributed by atoms with Crippen LogP contribution in [0.15, 0.2) is 12.7 Å². The van der Waals surface area contributed by atoms with Gasteiger partial charge in [0.2, 0.25) is 0 Å². The van der Waals surface area contributed by atoms with Crippen LogP contribution in [0.2, 0.25) is 0 Å². The Labute approximate surface area is 74.2 Å². The zero-order valence-corrected chi connectivity index (χ0v) is 8.34. The van der Waals surface area contributed by atoms with Crippen LogP contribution in [0.1, 0.15) is 20.3 Å². The molecule has 0 heterocycles. The Morgan fingerprint density at radius 3 is 2.00 bits per heavy atom. The molecule has 0 aromatic rings. The van der Waals surface area contributed by atoms with Crippen molar-refractivity contribution in [1.82, 2.24) is 0 Å². The molecule has 0 aliphatic carbocycles. The summed E-state index contributed by atoms with van der Waals surface area (Å²) >= 11 is 0. The van der Waals surface area contributed by atoms with E-state index in [2.05, 4.69) is 6.58 Å². The van der Waals surface area contributed by atoms with Crippen molar-refractivity contribution in [3.05, 3.63) is 12.7 Å². The molecule has 3 N–H and O–H groups in total. The first kappa shape index (κ1) is 14.2. The molecule has 12 heavy (non-hydrogen) atoms. The van der Waals surface area contributed by atoms with E-state index in [0.29, 0.717) is 13.0 Å². The lowest BCUT2D eigenvalue weighted by Crippen LogP contribution is -2.14. The fraction of sp³-hybridized carbons (Fsp3) is 0.714. The second-order valence-corrected chi connectivity index (χ2v) is 4.09. The van der Waals surface area contributed by atoms with Crippen LogP contribution in [0.3, 0.4) is 0 Å². The third kappa shape index (κ3) is 9.61. The molecule has 0 saturated carbocycles. The minimum Gasteiger partial charge on any atom is -0.327 e. The van der Waals surface area contributed by atoms with Crippen molar-refractivity contribution in [3.63, 3.8) is 0 Å². The molecule has 0 amide bonds. The van der Waals surface area contributed by atoms with Crippen molar-refractivity contribution >= 4 is 10.1 Å². The van der Waals surface area contributed by atoms with E-state index in [9.17, 15) is 8.42 Å². The number of nitrogens with two attached hydrogens (primary N) is 1. The van der Waals surface area contributed by atoms with Crippen LogP contribution in [0.5, 0.6) is 0 Å². The fourth-order valence-electron chi connectivity index (χ4n) is 0.211. The van der Waals surface area contributed by atoms with Crippen molar-refractivity contribution in [1.29, 1.82) is 0 Å². The zero-order chi connectivity index (χ0) is 10.2. The Bertz CT molecular complexity index is 199. The molecule has 0 aliphatic heterocycles. The molecule has 0 fully saturated rings. The lowest BCUT2D eigenvalue weighted by molar-refractivity contribution is 0.468. The average molecular weight is 195 g/mol. The van der Waals surface area contributed by atoms with Crippen LogP contribution in [-0.2, 0) is 10.1 Å². The van der Waals surface area contributed by atoms with Crippen LogP contribution in [0, 0.1) is 0 Å². The summed E-state index contributed by atoms with van der Waals surface area (Å²) in [5, 5.41) is -0.623. The molecule has 1 atom stereocenters. The topological polar surface area (TPSA) is 80.4 Å². The van der Waals surface area contributed by atoms with Crippen LogP contribution in [0.4, 0.5) is 0 Å². The summed E-state index contributed by atoms with van der Waals surface area (Å²) in [4.78, 5) is 0. The summed E-state index contributed by atoms with van der Waals surface area (Å²) in [6.07, 6.45) is 2.11. The second-order valence-electron chi connectivity index (χ2n) is 2.26. The molecule has 5 heteroatoms. The van der Waals surface area contributed by atoms with Gasteiger partial charge >= 0.3 is 0 Å². The third-order valence-electron chi connectivity index (χ3n) is 1.25. The highest BCUT2D eigenvalue weighted by Gasteiger charge is 2.13. The molecule has 4 nitrogen and oxygen atoms in total. The average Bonchev–Trinajstić information content (AvgIpc) is 2.02. The molecule has 0 aliphatic rings. The van der Waals surface area contributed by atoms with Gasteiger partial charge in [0.15, 0.2) is 0 Å². The van der Waals surface area contributed by atoms with Crippen molar-refractivity contribution in [2.45, 2.75) is 25.5 Å². The van der Waals surface area contributed by atoms with E-state index < -0.39 is 15.4 Å². The van der Waals surface area contributed by atoms with E-state index in [1.807, 2.05) is 0 Å². The summed E-state index contributed by atoms with van der Waals surface area (Å²) in [6, 6.07) is 0. The molecule has 0 aromatic heterocycles. The lowest BCUT2D eigenvalue weighted by atomic mass is 10.4. The number of rotatable bonds is 3. The standard InChI is InChI=1S/C4H10O3S.C3H7N/c1-3-4(2)8(5,6)7;1-2-3-4/h4H,3H2,1-2H3,(H,5,6,7);2H,1,3-4H2. The maximum atomic E-state index is 10.1. The summed E-state index contributed by atoms with van der Waals surface area (Å²) < 4.78 is 28.5. The van der Waals surface area contributed by atoms with E-state index in [4.69, 9.17) is 10.3 Å². The van der Waals surface area contributed by atoms with E-state index in [0.717, 1.165) is 0 Å². The predicted octanol–water partition coefficient (Wildman–Crippen LogP) is 0.804. The molecule has 0 aromatic carbocycles. The predicted molar refractivity (Wildman–Crippen MR) is 50.6 cm³/mol. The van der Waals surface area contributed by atoms with Crippen molar-refractivity contribution < 1.29 is 13.0 Å². The third-order valence-corrected chi connectivity index (χ3v) is 2.60. The Morgan fingerprint density at radius 1 is 1.67 bits per heavy atom. The quantitative estimate of drug-likeness (QED) is 0.515. The summed E-state index contributed by atoms with van der Waals surface area (Å²) in [5.41, 5.74) is 4.91. The number of hydrogen-bond donors (Lipinski definition) is 2. The maximum absolute atomic E-state index is 10.1. The Kier molecular flexibility index (Phi) is 8.57. The van der Waals surface area contributed by atoms with Gasteiger partial charge in [0.25, 0.3) is 10.1 Å². The van der Waals surface area contributed by atoms with Crippen LogP contribution in [0.25, 0.3) is 0 Å². The minimum atomic E-state index is -3.75. The Morgan fingerprint density at radius 2 is 2.00 bits per heavy atom. The van der Waals surface area contributed by atoms with Gasteiger partial charge in [-0.1, -0.05) is 13.0 Å². The van der Waals surface area contributed by atoms with Gasteiger partial charge in [-0.05, 0) is 13.3 Å². The first-order valence-electron chi connectivity index (χ1n) is 3.67. The molecular formula is C7H17NO3S. The summed E-state index contributed by atoms with van der Waals surface area (Å²) in [7, 11) is -3.75. The van der Waals surface area contributed by atoms with Crippen LogP contribution in [-0.4, -0.2) is 24.8 Å². The highest BCUT2D eigenvalue weighted by molar-refractivity contribution is 7.86. The van der Waals surface area contributed by atoms with Crippen molar-refractivity contribution in [2.75, 3.05) is 6.54 Å². The molecular weight excluding hydrogens is 178 g/mol. The minimum absolute atomic E-state index is 0.457. The molecule has 0 saturated heterocycles. The van der Waals surface area contributed by atoms with Gasteiger partial charge in [-0.25, -0.2) is 0 Å². The first-order chi connectivity index (χ1) is 5.40. The van der Waals surface area contributed by atoms with Gasteiger partial charge < -0.3 is 5.73 Å². The molecule has 0 rings (SSSR count). The maximum Gasteiger partial charge on any atom is 0.267 e. The molecule has 74 valence electrons. The first-order valence-corrected chi connectivity index (χ1v) is 5.17. The zero-order valence-electron chi connectivity index (χ0n) is 7.53. The Hall–Kier alpha value is -0.390. The lowest BCUT2D eigenvalue weighted by Gasteiger charge is -2.00. The molecule has 0 spiro atoms. The Balaban J connectivity index is 0. The van der Waals surface area contributed by atoms with Gasteiger partial charge in [0.1, 0.15) is 0 Å². The van der Waals surface area contributed by atoms with Crippen molar-refractivity contribution in [3.8, 4) is 0 Å². The second kappa shape index (κ2) is 7.27. The molecule has 1 unspecified atom stereocenters. The van der Waals surface area contributed by atoms with Gasteiger partial charge in [-0.2, -0.15) is 8.42 Å². The van der Waals surface area contributed by atoms with E-state index in [-0.39, 0.29) is 0 Å². The van der Waals surface area contributed by atoms with Gasteiger partial charge in [-0.3, -0.25) is 4.55 Å². The van der Waals surface area contributed by atoms with E-state index in [1.165, 1.54) is 6.92 Å². The van der Waals surface area contributed by atoms with E-state index in [1.54, 1.807) is 13.0 Å². The monoisotopic (exact) mass is 195 g/mol. The van der Waals surface area contributed by atoms with Gasteiger partial charge in [-0.15, -0.1) is 6.58 Å². The number of hydrogen-bond acceptors (Lipinski definition) is 3. The van der Waals surface area contributed by atoms with E-state index >= 15 is 0 Å². The SMILES string of the molecule is C=CCN.CCC(C)S(=O)(=O)O. The fourth-order valence-corrected chi connectivity index (χ4v) is 0.632. The van der Waals surface area contributed by atoms with Crippen LogP contribution < -0.4 is 5.73 Å². The highest BCUT2D eigenvalue weighted by Crippen LogP contribution is 1.99. The highest BCUT2D eigenvalue weighted by atomic mass is 32.2. The normalized spacial score (nSPS) is 12.7. The molecule has 0 bridgehead atoms. The van der Waals surface area contributed by atoms with Crippen molar-refractivity contribution in [2.24, 2.45) is 5.73 Å². The van der Waals surface area contributed by atoms with Gasteiger partial charge in [0.05, 0.1) is 5.25 Å². The largest absolute Gasteiger partial charge is 0.327 e. The summed E-state index contributed by atoms with van der Waals surface area (Å²) in [6.45, 7) is 7.11. The van der Waals surface area contributed by atoms with Gasteiger partial charge in [0, 0.05) is 6.54 Å². The smallest absolute Gasteiger partial charge is 0.267 e. The van der Waals surface area contributed by atoms with Crippen LogP contribution >= 0.6 is 0 Å². The molecule has 0 radical (unpaired) electrons. The summed E-state index contributed by atoms with van der Waals surface area (Å²) in [5.74, 6) is 0.